The second-order valence-corrected chi connectivity index (χ2v) is 5.81. The molecule has 0 unspecified atom stereocenters. The highest BCUT2D eigenvalue weighted by molar-refractivity contribution is 6.09. The van der Waals surface area contributed by atoms with Gasteiger partial charge >= 0.3 is 0 Å². The maximum absolute atomic E-state index is 12.4. The van der Waals surface area contributed by atoms with Gasteiger partial charge in [0.25, 0.3) is 0 Å². The summed E-state index contributed by atoms with van der Waals surface area (Å²) in [6.07, 6.45) is 0.423. The molecule has 0 spiro atoms. The maximum atomic E-state index is 12.4. The molecule has 0 aromatic heterocycles. The van der Waals surface area contributed by atoms with Crippen LogP contribution in [0.2, 0.25) is 0 Å². The van der Waals surface area contributed by atoms with E-state index in [-0.39, 0.29) is 43.7 Å². The number of carbonyl (C=O) groups is 3. The average Bonchev–Trinajstić information content (AvgIpc) is 2.61. The van der Waals surface area contributed by atoms with Crippen LogP contribution >= 0.6 is 0 Å². The van der Waals surface area contributed by atoms with Gasteiger partial charge in [0, 0.05) is 13.0 Å². The van der Waals surface area contributed by atoms with Crippen LogP contribution in [0.15, 0.2) is 54.6 Å². The zero-order chi connectivity index (χ0) is 17.6. The highest BCUT2D eigenvalue weighted by atomic mass is 16.2. The normalized spacial score (nSPS) is 13.0. The fraction of sp³-hybridized carbons (Fsp3) is 0.211. The molecule has 1 aliphatic heterocycles. The summed E-state index contributed by atoms with van der Waals surface area (Å²) in [6, 6.07) is 16.6. The van der Waals surface area contributed by atoms with E-state index in [2.05, 4.69) is 10.6 Å². The fourth-order valence-corrected chi connectivity index (χ4v) is 2.74. The predicted octanol–water partition coefficient (Wildman–Crippen LogP) is 1.72. The molecule has 3 rings (SSSR count). The first kappa shape index (κ1) is 16.7. The molecule has 2 aromatic carbocycles. The van der Waals surface area contributed by atoms with Gasteiger partial charge in [-0.2, -0.15) is 0 Å². The van der Waals surface area contributed by atoms with E-state index >= 15 is 0 Å². The first-order valence-electron chi connectivity index (χ1n) is 8.13. The molecule has 1 heterocycles. The van der Waals surface area contributed by atoms with Crippen molar-refractivity contribution in [2.24, 2.45) is 0 Å². The van der Waals surface area contributed by atoms with Crippen molar-refractivity contribution in [2.75, 3.05) is 23.3 Å². The van der Waals surface area contributed by atoms with Gasteiger partial charge in [0.2, 0.25) is 17.7 Å². The van der Waals surface area contributed by atoms with Gasteiger partial charge in [0.05, 0.1) is 17.8 Å². The summed E-state index contributed by atoms with van der Waals surface area (Å²) in [4.78, 5) is 37.6. The Kier molecular flexibility index (Phi) is 5.09. The topological polar surface area (TPSA) is 78.5 Å². The summed E-state index contributed by atoms with van der Waals surface area (Å²) in [5.74, 6) is -0.543. The Morgan fingerprint density at radius 2 is 1.76 bits per heavy atom. The van der Waals surface area contributed by atoms with E-state index < -0.39 is 0 Å². The summed E-state index contributed by atoms with van der Waals surface area (Å²) < 4.78 is 0. The molecule has 25 heavy (non-hydrogen) atoms. The van der Waals surface area contributed by atoms with Gasteiger partial charge in [0.1, 0.15) is 6.54 Å². The Hall–Kier alpha value is -3.15. The van der Waals surface area contributed by atoms with E-state index in [1.165, 1.54) is 4.90 Å². The van der Waals surface area contributed by atoms with Gasteiger partial charge in [0.15, 0.2) is 0 Å². The van der Waals surface area contributed by atoms with Crippen LogP contribution in [0.1, 0.15) is 12.0 Å². The third kappa shape index (κ3) is 4.23. The highest BCUT2D eigenvalue weighted by Gasteiger charge is 2.26. The van der Waals surface area contributed by atoms with Crippen molar-refractivity contribution in [1.82, 2.24) is 5.32 Å². The van der Waals surface area contributed by atoms with E-state index in [1.54, 1.807) is 18.2 Å². The third-order valence-corrected chi connectivity index (χ3v) is 3.94. The molecule has 6 heteroatoms. The number of amides is 3. The molecule has 0 atom stereocenters. The molecule has 0 saturated carbocycles. The fourth-order valence-electron chi connectivity index (χ4n) is 2.74. The zero-order valence-electron chi connectivity index (χ0n) is 13.7. The van der Waals surface area contributed by atoms with Crippen molar-refractivity contribution < 1.29 is 14.4 Å². The second kappa shape index (κ2) is 7.61. The number of anilines is 2. The number of para-hydroxylation sites is 2. The smallest absolute Gasteiger partial charge is 0.244 e. The zero-order valence-corrected chi connectivity index (χ0v) is 13.7. The molecule has 0 saturated heterocycles. The van der Waals surface area contributed by atoms with Crippen molar-refractivity contribution in [2.45, 2.75) is 12.8 Å². The number of benzene rings is 2. The lowest BCUT2D eigenvalue weighted by molar-refractivity contribution is -0.122. The lowest BCUT2D eigenvalue weighted by Crippen LogP contribution is -2.43. The van der Waals surface area contributed by atoms with Gasteiger partial charge in [-0.1, -0.05) is 42.5 Å². The summed E-state index contributed by atoms with van der Waals surface area (Å²) in [7, 11) is 0. The Morgan fingerprint density at radius 1 is 1.04 bits per heavy atom. The van der Waals surface area contributed by atoms with Crippen LogP contribution < -0.4 is 15.5 Å². The molecule has 2 N–H and O–H groups in total. The Balaban J connectivity index is 1.53. The standard InChI is InChI=1S/C19H19N3O3/c23-17(12-14-6-2-1-3-7-14)20-11-10-19(25)22-13-18(24)21-15-8-4-5-9-16(15)22/h1-9H,10-13H2,(H,20,23)(H,21,24). The van der Waals surface area contributed by atoms with E-state index in [4.69, 9.17) is 0 Å². The number of carbonyl (C=O) groups excluding carboxylic acids is 3. The van der Waals surface area contributed by atoms with Gasteiger partial charge in [-0.15, -0.1) is 0 Å². The number of rotatable bonds is 5. The van der Waals surface area contributed by atoms with Crippen molar-refractivity contribution >= 4 is 29.1 Å². The van der Waals surface area contributed by atoms with Crippen LogP contribution in [-0.2, 0) is 20.8 Å². The predicted molar refractivity (Wildman–Crippen MR) is 95.2 cm³/mol. The molecule has 3 amide bonds. The van der Waals surface area contributed by atoms with E-state index in [1.807, 2.05) is 36.4 Å². The molecule has 0 bridgehead atoms. The van der Waals surface area contributed by atoms with Crippen molar-refractivity contribution in [3.8, 4) is 0 Å². The van der Waals surface area contributed by atoms with Gasteiger partial charge in [-0.25, -0.2) is 0 Å². The second-order valence-electron chi connectivity index (χ2n) is 5.81. The molecule has 0 radical (unpaired) electrons. The van der Waals surface area contributed by atoms with Crippen molar-refractivity contribution in [3.63, 3.8) is 0 Å². The number of hydrogen-bond donors (Lipinski definition) is 2. The number of nitrogens with one attached hydrogen (secondary N) is 2. The summed E-state index contributed by atoms with van der Waals surface area (Å²) in [5, 5.41) is 5.49. The summed E-state index contributed by atoms with van der Waals surface area (Å²) in [6.45, 7) is 0.235. The quantitative estimate of drug-likeness (QED) is 0.872. The van der Waals surface area contributed by atoms with Crippen LogP contribution in [0, 0.1) is 0 Å². The van der Waals surface area contributed by atoms with Crippen LogP contribution in [0.3, 0.4) is 0 Å². The molecule has 0 aliphatic carbocycles. The van der Waals surface area contributed by atoms with Crippen molar-refractivity contribution in [1.29, 1.82) is 0 Å². The minimum absolute atomic E-state index is 0.00614. The molecular weight excluding hydrogens is 318 g/mol. The maximum Gasteiger partial charge on any atom is 0.244 e. The minimum Gasteiger partial charge on any atom is -0.355 e. The number of nitrogens with zero attached hydrogens (tertiary/aromatic N) is 1. The number of hydrogen-bond acceptors (Lipinski definition) is 3. The van der Waals surface area contributed by atoms with Crippen molar-refractivity contribution in [3.05, 3.63) is 60.2 Å². The summed E-state index contributed by atoms with van der Waals surface area (Å²) in [5.41, 5.74) is 2.23. The minimum atomic E-state index is -0.222. The number of fused-ring (bicyclic) bond motifs is 1. The monoisotopic (exact) mass is 337 g/mol. The third-order valence-electron chi connectivity index (χ3n) is 3.94. The Labute approximate surface area is 145 Å². The van der Waals surface area contributed by atoms with E-state index in [9.17, 15) is 14.4 Å². The lowest BCUT2D eigenvalue weighted by atomic mass is 10.1. The Morgan fingerprint density at radius 3 is 2.56 bits per heavy atom. The van der Waals surface area contributed by atoms with Crippen LogP contribution in [0.4, 0.5) is 11.4 Å². The molecule has 1 aliphatic rings. The molecule has 6 nitrogen and oxygen atoms in total. The van der Waals surface area contributed by atoms with Gasteiger partial charge < -0.3 is 15.5 Å². The van der Waals surface area contributed by atoms with E-state index in [0.717, 1.165) is 5.56 Å². The van der Waals surface area contributed by atoms with Gasteiger partial charge in [-0.3, -0.25) is 14.4 Å². The van der Waals surface area contributed by atoms with Gasteiger partial charge in [-0.05, 0) is 17.7 Å². The van der Waals surface area contributed by atoms with E-state index in [0.29, 0.717) is 11.4 Å². The average molecular weight is 337 g/mol. The first-order valence-corrected chi connectivity index (χ1v) is 8.13. The van der Waals surface area contributed by atoms with Crippen LogP contribution in [-0.4, -0.2) is 30.8 Å². The largest absolute Gasteiger partial charge is 0.355 e. The highest BCUT2D eigenvalue weighted by Crippen LogP contribution is 2.29. The summed E-state index contributed by atoms with van der Waals surface area (Å²) >= 11 is 0. The molecule has 128 valence electrons. The molecular formula is C19H19N3O3. The molecule has 0 fully saturated rings. The first-order chi connectivity index (χ1) is 12.1. The SMILES string of the molecule is O=C(Cc1ccccc1)NCCC(=O)N1CC(=O)Nc2ccccc21. The molecule has 2 aromatic rings. The van der Waals surface area contributed by atoms with Crippen LogP contribution in [0.25, 0.3) is 0 Å². The Bertz CT molecular complexity index is 790. The lowest BCUT2D eigenvalue weighted by Gasteiger charge is -2.29. The van der Waals surface area contributed by atoms with Crippen LogP contribution in [0.5, 0.6) is 0 Å².